The Bertz CT molecular complexity index is 993. The van der Waals surface area contributed by atoms with Crippen molar-refractivity contribution in [2.45, 2.75) is 12.5 Å². The molecular weight excluding hydrogens is 405 g/mol. The SMILES string of the molecule is COP(=O)(OC)c1ccccc1-c1ccc(N2CCC(NC=O)C2=O)c(F)c1F. The molecule has 1 aliphatic heterocycles. The Balaban J connectivity index is 2.06. The van der Waals surface area contributed by atoms with E-state index in [2.05, 4.69) is 5.32 Å². The van der Waals surface area contributed by atoms with E-state index in [1.807, 2.05) is 0 Å². The van der Waals surface area contributed by atoms with Gasteiger partial charge in [-0.3, -0.25) is 14.2 Å². The first kappa shape index (κ1) is 21.1. The van der Waals surface area contributed by atoms with Gasteiger partial charge in [0.15, 0.2) is 11.6 Å². The third kappa shape index (κ3) is 3.69. The molecule has 0 aromatic heterocycles. The second-order valence-corrected chi connectivity index (χ2v) is 8.46. The maximum atomic E-state index is 15.0. The topological polar surface area (TPSA) is 84.9 Å². The van der Waals surface area contributed by atoms with E-state index in [9.17, 15) is 22.9 Å². The molecule has 1 N–H and O–H groups in total. The van der Waals surface area contributed by atoms with Gasteiger partial charge in [-0.2, -0.15) is 0 Å². The van der Waals surface area contributed by atoms with Crippen LogP contribution in [0.1, 0.15) is 6.42 Å². The average Bonchev–Trinajstić information content (AvgIpc) is 3.10. The van der Waals surface area contributed by atoms with Crippen molar-refractivity contribution in [2.24, 2.45) is 0 Å². The number of halogens is 2. The molecule has 10 heteroatoms. The Morgan fingerprint density at radius 1 is 1.10 bits per heavy atom. The molecule has 0 radical (unpaired) electrons. The molecule has 2 amide bonds. The van der Waals surface area contributed by atoms with Crippen LogP contribution in [-0.2, 0) is 23.2 Å². The molecule has 1 aliphatic rings. The summed E-state index contributed by atoms with van der Waals surface area (Å²) in [7, 11) is -1.33. The molecule has 154 valence electrons. The van der Waals surface area contributed by atoms with Crippen LogP contribution in [0.25, 0.3) is 11.1 Å². The summed E-state index contributed by atoms with van der Waals surface area (Å²) >= 11 is 0. The Morgan fingerprint density at radius 3 is 2.45 bits per heavy atom. The standard InChI is InChI=1S/C19H19F2N2O5P/c1-27-29(26,28-2)16-6-4-3-5-12(16)13-7-8-15(18(21)17(13)20)23-10-9-14(19(23)25)22-11-24/h3-8,11,14H,9-10H2,1-2H3,(H,22,24). The maximum Gasteiger partial charge on any atom is 0.361 e. The molecule has 1 saturated heterocycles. The monoisotopic (exact) mass is 424 g/mol. The second kappa shape index (κ2) is 8.41. The van der Waals surface area contributed by atoms with Crippen LogP contribution in [0.3, 0.4) is 0 Å². The van der Waals surface area contributed by atoms with Crippen molar-refractivity contribution in [2.75, 3.05) is 25.7 Å². The smallest absolute Gasteiger partial charge is 0.347 e. The minimum atomic E-state index is -3.72. The van der Waals surface area contributed by atoms with Crippen LogP contribution >= 0.6 is 7.60 Å². The zero-order chi connectivity index (χ0) is 21.2. The number of carbonyl (C=O) groups excluding carboxylic acids is 2. The van der Waals surface area contributed by atoms with Crippen molar-refractivity contribution in [1.29, 1.82) is 0 Å². The first-order chi connectivity index (χ1) is 13.9. The molecule has 2 aromatic rings. The third-order valence-electron chi connectivity index (χ3n) is 4.80. The number of anilines is 1. The van der Waals surface area contributed by atoms with Crippen molar-refractivity contribution in [3.63, 3.8) is 0 Å². The zero-order valence-corrected chi connectivity index (χ0v) is 16.6. The molecule has 1 atom stereocenters. The van der Waals surface area contributed by atoms with Crippen LogP contribution in [0.15, 0.2) is 36.4 Å². The van der Waals surface area contributed by atoms with Gasteiger partial charge < -0.3 is 19.3 Å². The lowest BCUT2D eigenvalue weighted by molar-refractivity contribution is -0.121. The summed E-state index contributed by atoms with van der Waals surface area (Å²) in [6.45, 7) is 0.138. The third-order valence-corrected chi connectivity index (χ3v) is 6.74. The predicted octanol–water partition coefficient (Wildman–Crippen LogP) is 2.59. The molecule has 0 spiro atoms. The van der Waals surface area contributed by atoms with Gasteiger partial charge in [0.25, 0.3) is 0 Å². The lowest BCUT2D eigenvalue weighted by atomic mass is 10.0. The van der Waals surface area contributed by atoms with E-state index >= 15 is 0 Å². The number of carbonyl (C=O) groups is 2. The van der Waals surface area contributed by atoms with E-state index in [-0.39, 0.29) is 35.1 Å². The van der Waals surface area contributed by atoms with Crippen molar-refractivity contribution in [3.05, 3.63) is 48.0 Å². The number of hydrogen-bond acceptors (Lipinski definition) is 5. The molecule has 1 fully saturated rings. The number of nitrogens with one attached hydrogen (secondary N) is 1. The number of rotatable bonds is 7. The van der Waals surface area contributed by atoms with Crippen molar-refractivity contribution >= 4 is 30.9 Å². The molecule has 1 unspecified atom stereocenters. The van der Waals surface area contributed by atoms with Crippen LogP contribution < -0.4 is 15.5 Å². The summed E-state index contributed by atoms with van der Waals surface area (Å²) in [5.41, 5.74) is -0.230. The van der Waals surface area contributed by atoms with Gasteiger partial charge in [0.05, 0.1) is 11.0 Å². The van der Waals surface area contributed by atoms with Gasteiger partial charge >= 0.3 is 7.60 Å². The molecule has 0 bridgehead atoms. The number of hydrogen-bond donors (Lipinski definition) is 1. The van der Waals surface area contributed by atoms with Crippen LogP contribution in [0.2, 0.25) is 0 Å². The van der Waals surface area contributed by atoms with E-state index in [1.165, 1.54) is 38.5 Å². The molecule has 2 aromatic carbocycles. The Labute approximate surface area is 166 Å². The summed E-state index contributed by atoms with van der Waals surface area (Å²) < 4.78 is 52.7. The first-order valence-electron chi connectivity index (χ1n) is 8.68. The summed E-state index contributed by atoms with van der Waals surface area (Å²) in [6.07, 6.45) is 0.682. The predicted molar refractivity (Wildman–Crippen MR) is 103 cm³/mol. The van der Waals surface area contributed by atoms with Crippen LogP contribution in [0, 0.1) is 11.6 Å². The summed E-state index contributed by atoms with van der Waals surface area (Å²) in [6, 6.07) is 7.89. The lowest BCUT2D eigenvalue weighted by Crippen LogP contribution is -2.38. The quantitative estimate of drug-likeness (QED) is 0.546. The molecule has 0 aliphatic carbocycles. The minimum Gasteiger partial charge on any atom is -0.347 e. The van der Waals surface area contributed by atoms with Gasteiger partial charge in [-0.05, 0) is 24.6 Å². The van der Waals surface area contributed by atoms with E-state index in [4.69, 9.17) is 9.05 Å². The number of amides is 2. The van der Waals surface area contributed by atoms with Gasteiger partial charge in [0.2, 0.25) is 12.3 Å². The summed E-state index contributed by atoms with van der Waals surface area (Å²) in [5.74, 6) is -2.94. The minimum absolute atomic E-state index is 0.0866. The zero-order valence-electron chi connectivity index (χ0n) is 15.7. The fraction of sp³-hybridized carbons (Fsp3) is 0.263. The first-order valence-corrected chi connectivity index (χ1v) is 10.2. The highest BCUT2D eigenvalue weighted by atomic mass is 31.2. The largest absolute Gasteiger partial charge is 0.361 e. The number of benzene rings is 2. The van der Waals surface area contributed by atoms with E-state index in [1.54, 1.807) is 12.1 Å². The van der Waals surface area contributed by atoms with Crippen molar-refractivity contribution in [3.8, 4) is 11.1 Å². The summed E-state index contributed by atoms with van der Waals surface area (Å²) in [4.78, 5) is 24.0. The van der Waals surface area contributed by atoms with E-state index in [0.717, 1.165) is 4.90 Å². The average molecular weight is 424 g/mol. The normalized spacial score (nSPS) is 16.9. The second-order valence-electron chi connectivity index (χ2n) is 6.26. The molecule has 1 heterocycles. The molecule has 29 heavy (non-hydrogen) atoms. The molecule has 3 rings (SSSR count). The summed E-state index contributed by atoms with van der Waals surface area (Å²) in [5, 5.41) is 2.44. The Hall–Kier alpha value is -2.61. The fourth-order valence-corrected chi connectivity index (χ4v) is 4.62. The highest BCUT2D eigenvalue weighted by molar-refractivity contribution is 7.62. The number of nitrogens with zero attached hydrogens (tertiary/aromatic N) is 1. The van der Waals surface area contributed by atoms with Crippen LogP contribution in [0.4, 0.5) is 14.5 Å². The van der Waals surface area contributed by atoms with Crippen molar-refractivity contribution in [1.82, 2.24) is 5.32 Å². The van der Waals surface area contributed by atoms with E-state index in [0.29, 0.717) is 6.41 Å². The van der Waals surface area contributed by atoms with Crippen LogP contribution in [0.5, 0.6) is 0 Å². The fourth-order valence-electron chi connectivity index (χ4n) is 3.32. The highest BCUT2D eigenvalue weighted by Crippen LogP contribution is 2.48. The molecule has 7 nitrogen and oxygen atoms in total. The lowest BCUT2D eigenvalue weighted by Gasteiger charge is -2.20. The van der Waals surface area contributed by atoms with Gasteiger partial charge in [-0.15, -0.1) is 0 Å². The Kier molecular flexibility index (Phi) is 6.12. The molecular formula is C19H19F2N2O5P. The van der Waals surface area contributed by atoms with Gasteiger partial charge in [-0.25, -0.2) is 8.78 Å². The van der Waals surface area contributed by atoms with Gasteiger partial charge in [0, 0.05) is 31.9 Å². The van der Waals surface area contributed by atoms with E-state index < -0.39 is 31.2 Å². The maximum absolute atomic E-state index is 15.0. The molecule has 0 saturated carbocycles. The van der Waals surface area contributed by atoms with Gasteiger partial charge in [-0.1, -0.05) is 18.2 Å². The van der Waals surface area contributed by atoms with Crippen LogP contribution in [-0.4, -0.2) is 39.1 Å². The Morgan fingerprint density at radius 2 is 1.79 bits per heavy atom. The van der Waals surface area contributed by atoms with Crippen molar-refractivity contribution < 1.29 is 32.0 Å². The highest BCUT2D eigenvalue weighted by Gasteiger charge is 2.35. The van der Waals surface area contributed by atoms with Gasteiger partial charge in [0.1, 0.15) is 6.04 Å².